The molecule has 8 nitrogen and oxygen atoms in total. The van der Waals surface area contributed by atoms with Crippen LogP contribution >= 0.6 is 0 Å². The van der Waals surface area contributed by atoms with Crippen LogP contribution in [0.25, 0.3) is 0 Å². The summed E-state index contributed by atoms with van der Waals surface area (Å²) in [5, 5.41) is 19.3. The highest BCUT2D eigenvalue weighted by molar-refractivity contribution is 5.51. The summed E-state index contributed by atoms with van der Waals surface area (Å²) in [4.78, 5) is 15.2. The Kier molecular flexibility index (Phi) is 7.90. The lowest BCUT2D eigenvalue weighted by atomic mass is 10.0. The molecule has 0 bridgehead atoms. The summed E-state index contributed by atoms with van der Waals surface area (Å²) < 4.78 is 2.18. The van der Waals surface area contributed by atoms with Crippen molar-refractivity contribution < 1.29 is 4.92 Å². The van der Waals surface area contributed by atoms with E-state index in [0.29, 0.717) is 5.92 Å². The summed E-state index contributed by atoms with van der Waals surface area (Å²) in [6, 6.07) is 9.11. The van der Waals surface area contributed by atoms with Crippen LogP contribution in [0.15, 0.2) is 30.3 Å². The van der Waals surface area contributed by atoms with Gasteiger partial charge in [0.1, 0.15) is 0 Å². The number of nitro benzene ring substituents is 1. The number of aromatic nitrogens is 2. The Morgan fingerprint density at radius 3 is 2.34 bits per heavy atom. The quantitative estimate of drug-likeness (QED) is 0.363. The summed E-state index contributed by atoms with van der Waals surface area (Å²) in [6.07, 6.45) is 1.04. The molecule has 0 radical (unpaired) electrons. The van der Waals surface area contributed by atoms with Crippen molar-refractivity contribution in [2.75, 3.05) is 44.2 Å². The lowest BCUT2D eigenvalue weighted by Crippen LogP contribution is -2.48. The predicted molar refractivity (Wildman–Crippen MR) is 129 cm³/mol. The molecule has 1 aliphatic heterocycles. The van der Waals surface area contributed by atoms with Gasteiger partial charge in [-0.3, -0.25) is 19.7 Å². The van der Waals surface area contributed by atoms with Gasteiger partial charge < -0.3 is 10.2 Å². The zero-order valence-electron chi connectivity index (χ0n) is 20.2. The normalized spacial score (nSPS) is 15.5. The molecule has 0 spiro atoms. The average molecular weight is 443 g/mol. The van der Waals surface area contributed by atoms with Gasteiger partial charge in [0.25, 0.3) is 5.69 Å². The molecule has 1 N–H and O–H groups in total. The third kappa shape index (κ3) is 6.53. The van der Waals surface area contributed by atoms with E-state index < -0.39 is 0 Å². The number of hydrogen-bond acceptors (Lipinski definition) is 6. The molecule has 176 valence electrons. The van der Waals surface area contributed by atoms with Crippen LogP contribution in [0, 0.1) is 16.0 Å². The third-order valence-electron chi connectivity index (χ3n) is 5.80. The average Bonchev–Trinajstić information content (AvgIpc) is 3.14. The number of rotatable bonds is 9. The van der Waals surface area contributed by atoms with Crippen molar-refractivity contribution in [1.29, 1.82) is 0 Å². The second-order valence-electron chi connectivity index (χ2n) is 10.1. The van der Waals surface area contributed by atoms with E-state index in [4.69, 9.17) is 5.10 Å². The fraction of sp³-hybridized carbons (Fsp3) is 0.625. The maximum Gasteiger partial charge on any atom is 0.269 e. The molecule has 2 heterocycles. The van der Waals surface area contributed by atoms with E-state index in [2.05, 4.69) is 60.5 Å². The number of piperazine rings is 1. The third-order valence-corrected chi connectivity index (χ3v) is 5.80. The zero-order valence-corrected chi connectivity index (χ0v) is 20.2. The summed E-state index contributed by atoms with van der Waals surface area (Å²) in [6.45, 7) is 17.7. The van der Waals surface area contributed by atoms with Crippen LogP contribution < -0.4 is 10.2 Å². The summed E-state index contributed by atoms with van der Waals surface area (Å²) in [5.74, 6) is 0.610. The molecule has 3 rings (SSSR count). The Hall–Kier alpha value is -2.45. The van der Waals surface area contributed by atoms with Crippen LogP contribution in [-0.2, 0) is 18.5 Å². The Labute approximate surface area is 191 Å². The van der Waals surface area contributed by atoms with Crippen molar-refractivity contribution in [2.24, 2.45) is 5.92 Å². The fourth-order valence-electron chi connectivity index (χ4n) is 4.17. The van der Waals surface area contributed by atoms with Crippen molar-refractivity contribution in [3.05, 3.63) is 51.8 Å². The van der Waals surface area contributed by atoms with E-state index in [1.807, 2.05) is 12.1 Å². The molecule has 2 aromatic rings. The molecule has 1 saturated heterocycles. The van der Waals surface area contributed by atoms with Crippen molar-refractivity contribution in [2.45, 2.75) is 53.1 Å². The minimum absolute atomic E-state index is 0.00811. The molecule has 0 amide bonds. The van der Waals surface area contributed by atoms with Crippen molar-refractivity contribution in [3.63, 3.8) is 0 Å². The highest BCUT2D eigenvalue weighted by Gasteiger charge is 2.20. The highest BCUT2D eigenvalue weighted by atomic mass is 16.6. The zero-order chi connectivity index (χ0) is 23.3. The van der Waals surface area contributed by atoms with E-state index in [0.717, 1.165) is 63.6 Å². The molecular weight excluding hydrogens is 404 g/mol. The molecule has 0 atom stereocenters. The van der Waals surface area contributed by atoms with E-state index in [9.17, 15) is 10.1 Å². The number of nitro groups is 1. The number of nitrogens with one attached hydrogen (secondary N) is 1. The van der Waals surface area contributed by atoms with Gasteiger partial charge in [-0.15, -0.1) is 0 Å². The SMILES string of the molecule is CC(C)Cc1cc(CNCCN2CCN(c3ccc([N+](=O)[O-])cc3)CC2)nn1C(C)(C)C. The smallest absolute Gasteiger partial charge is 0.269 e. The van der Waals surface area contributed by atoms with Gasteiger partial charge >= 0.3 is 0 Å². The van der Waals surface area contributed by atoms with Crippen LogP contribution in [-0.4, -0.2) is 58.9 Å². The summed E-state index contributed by atoms with van der Waals surface area (Å²) >= 11 is 0. The standard InChI is InChI=1S/C24H38N6O2/c1-19(2)16-23-17-20(26-29(23)24(3,4)5)18-25-10-11-27-12-14-28(15-13-27)21-6-8-22(9-7-21)30(31)32/h6-9,17,19,25H,10-16,18H2,1-5H3. The predicted octanol–water partition coefficient (Wildman–Crippen LogP) is 3.66. The highest BCUT2D eigenvalue weighted by Crippen LogP contribution is 2.21. The van der Waals surface area contributed by atoms with Crippen LogP contribution in [0.5, 0.6) is 0 Å². The molecule has 1 fully saturated rings. The minimum atomic E-state index is -0.354. The second-order valence-corrected chi connectivity index (χ2v) is 10.1. The first-order valence-corrected chi connectivity index (χ1v) is 11.6. The first kappa shape index (κ1) is 24.2. The molecule has 32 heavy (non-hydrogen) atoms. The summed E-state index contributed by atoms with van der Waals surface area (Å²) in [7, 11) is 0. The van der Waals surface area contributed by atoms with Crippen LogP contribution in [0.4, 0.5) is 11.4 Å². The van der Waals surface area contributed by atoms with Crippen molar-refractivity contribution in [1.82, 2.24) is 20.0 Å². The van der Waals surface area contributed by atoms with Crippen LogP contribution in [0.3, 0.4) is 0 Å². The number of non-ortho nitro benzene ring substituents is 1. The molecule has 0 saturated carbocycles. The Balaban J connectivity index is 1.42. The lowest BCUT2D eigenvalue weighted by Gasteiger charge is -2.36. The van der Waals surface area contributed by atoms with E-state index in [-0.39, 0.29) is 16.1 Å². The van der Waals surface area contributed by atoms with E-state index in [1.54, 1.807) is 12.1 Å². The maximum atomic E-state index is 10.8. The monoisotopic (exact) mass is 442 g/mol. The van der Waals surface area contributed by atoms with Crippen LogP contribution in [0.2, 0.25) is 0 Å². The van der Waals surface area contributed by atoms with Gasteiger partial charge in [0.2, 0.25) is 0 Å². The number of anilines is 1. The number of hydrogen-bond donors (Lipinski definition) is 1. The lowest BCUT2D eigenvalue weighted by molar-refractivity contribution is -0.384. The van der Waals surface area contributed by atoms with Gasteiger partial charge in [-0.1, -0.05) is 13.8 Å². The largest absolute Gasteiger partial charge is 0.369 e. The molecule has 1 aromatic heterocycles. The molecule has 8 heteroatoms. The van der Waals surface area contributed by atoms with Crippen LogP contribution in [0.1, 0.15) is 46.0 Å². The molecule has 1 aliphatic rings. The maximum absolute atomic E-state index is 10.8. The van der Waals surface area contributed by atoms with E-state index in [1.165, 1.54) is 5.69 Å². The topological polar surface area (TPSA) is 79.5 Å². The molecule has 1 aromatic carbocycles. The molecule has 0 aliphatic carbocycles. The van der Waals surface area contributed by atoms with E-state index >= 15 is 0 Å². The van der Waals surface area contributed by atoms with Gasteiger partial charge in [0.05, 0.1) is 16.2 Å². The first-order chi connectivity index (χ1) is 15.1. The van der Waals surface area contributed by atoms with Crippen molar-refractivity contribution >= 4 is 11.4 Å². The fourth-order valence-corrected chi connectivity index (χ4v) is 4.17. The Morgan fingerprint density at radius 1 is 1.12 bits per heavy atom. The Morgan fingerprint density at radius 2 is 1.78 bits per heavy atom. The minimum Gasteiger partial charge on any atom is -0.369 e. The Bertz CT molecular complexity index is 877. The first-order valence-electron chi connectivity index (χ1n) is 11.6. The summed E-state index contributed by atoms with van der Waals surface area (Å²) in [5.41, 5.74) is 3.61. The molecule has 0 unspecified atom stereocenters. The van der Waals surface area contributed by atoms with Crippen molar-refractivity contribution in [3.8, 4) is 0 Å². The molecular formula is C24H38N6O2. The number of nitrogens with zero attached hydrogens (tertiary/aromatic N) is 5. The van der Waals surface area contributed by atoms with Gasteiger partial charge in [0, 0.05) is 69.3 Å². The van der Waals surface area contributed by atoms with Gasteiger partial charge in [-0.25, -0.2) is 0 Å². The number of benzene rings is 1. The van der Waals surface area contributed by atoms with Gasteiger partial charge in [-0.2, -0.15) is 5.10 Å². The van der Waals surface area contributed by atoms with Gasteiger partial charge in [-0.05, 0) is 51.3 Å². The second kappa shape index (κ2) is 10.4. The van der Waals surface area contributed by atoms with Gasteiger partial charge in [0.15, 0.2) is 0 Å².